The summed E-state index contributed by atoms with van der Waals surface area (Å²) in [6, 6.07) is 15.7. The van der Waals surface area contributed by atoms with Gasteiger partial charge >= 0.3 is 0 Å². The van der Waals surface area contributed by atoms with Crippen LogP contribution in [0.25, 0.3) is 0 Å². The van der Waals surface area contributed by atoms with Crippen molar-refractivity contribution in [1.29, 1.82) is 0 Å². The first kappa shape index (κ1) is 18.3. The molecule has 27 heavy (non-hydrogen) atoms. The van der Waals surface area contributed by atoms with E-state index in [1.165, 1.54) is 6.20 Å². The molecule has 3 rings (SSSR count). The van der Waals surface area contributed by atoms with Gasteiger partial charge in [0.25, 0.3) is 5.91 Å². The van der Waals surface area contributed by atoms with Gasteiger partial charge in [-0.25, -0.2) is 4.98 Å². The van der Waals surface area contributed by atoms with Crippen LogP contribution in [0.4, 0.5) is 23.1 Å². The van der Waals surface area contributed by atoms with E-state index >= 15 is 0 Å². The quantitative estimate of drug-likeness (QED) is 0.515. The first-order chi connectivity index (χ1) is 13.0. The summed E-state index contributed by atoms with van der Waals surface area (Å²) >= 11 is 0. The van der Waals surface area contributed by atoms with Crippen molar-refractivity contribution in [1.82, 2.24) is 15.3 Å². The second-order valence-electron chi connectivity index (χ2n) is 6.17. The monoisotopic (exact) mass is 362 g/mol. The molecule has 138 valence electrons. The maximum absolute atomic E-state index is 11.7. The highest BCUT2D eigenvalue weighted by Crippen LogP contribution is 2.22. The summed E-state index contributed by atoms with van der Waals surface area (Å²) in [6.45, 7) is 2.75. The van der Waals surface area contributed by atoms with Crippen LogP contribution in [0.2, 0.25) is 0 Å². The minimum Gasteiger partial charge on any atom is -0.365 e. The topological polar surface area (TPSA) is 105 Å². The summed E-state index contributed by atoms with van der Waals surface area (Å²) < 4.78 is 0. The van der Waals surface area contributed by atoms with Crippen LogP contribution >= 0.6 is 0 Å². The number of amides is 1. The summed E-state index contributed by atoms with van der Waals surface area (Å²) in [5, 5.41) is 9.43. The standard InChI is InChI=1S/C20H22N6O/c1-13-5-3-7-15(9-13)24-19-17(18(21)27)12-23-20(26-19)25-16-8-4-6-14(10-16)11-22-2/h3-10,12,22H,11H2,1-2H3,(H2,21,27)(H2,23,24,25,26). The average molecular weight is 362 g/mol. The van der Waals surface area contributed by atoms with Gasteiger partial charge in [-0.05, 0) is 49.4 Å². The van der Waals surface area contributed by atoms with Gasteiger partial charge in [-0.2, -0.15) is 4.98 Å². The van der Waals surface area contributed by atoms with Crippen molar-refractivity contribution in [3.63, 3.8) is 0 Å². The van der Waals surface area contributed by atoms with Crippen LogP contribution in [0, 0.1) is 6.92 Å². The number of hydrogen-bond acceptors (Lipinski definition) is 6. The van der Waals surface area contributed by atoms with Crippen molar-refractivity contribution in [2.24, 2.45) is 5.73 Å². The molecular weight excluding hydrogens is 340 g/mol. The summed E-state index contributed by atoms with van der Waals surface area (Å²) in [5.74, 6) is 0.140. The van der Waals surface area contributed by atoms with Crippen molar-refractivity contribution in [3.8, 4) is 0 Å². The Hall–Kier alpha value is -3.45. The van der Waals surface area contributed by atoms with Crippen molar-refractivity contribution in [3.05, 3.63) is 71.4 Å². The van der Waals surface area contributed by atoms with Crippen molar-refractivity contribution >= 4 is 29.0 Å². The number of carbonyl (C=O) groups excluding carboxylic acids is 1. The van der Waals surface area contributed by atoms with Crippen LogP contribution < -0.4 is 21.7 Å². The van der Waals surface area contributed by atoms with Gasteiger partial charge in [-0.1, -0.05) is 24.3 Å². The Morgan fingerprint density at radius 3 is 2.52 bits per heavy atom. The largest absolute Gasteiger partial charge is 0.365 e. The third-order valence-corrected chi connectivity index (χ3v) is 3.90. The van der Waals surface area contributed by atoms with Gasteiger partial charge in [0.1, 0.15) is 11.4 Å². The minimum atomic E-state index is -0.590. The number of nitrogens with one attached hydrogen (secondary N) is 3. The molecule has 7 nitrogen and oxygen atoms in total. The van der Waals surface area contributed by atoms with Crippen LogP contribution in [0.5, 0.6) is 0 Å². The average Bonchev–Trinajstić information content (AvgIpc) is 2.62. The predicted molar refractivity (Wildman–Crippen MR) is 108 cm³/mol. The number of hydrogen-bond donors (Lipinski definition) is 4. The van der Waals surface area contributed by atoms with Crippen LogP contribution in [0.1, 0.15) is 21.5 Å². The molecule has 0 fully saturated rings. The maximum Gasteiger partial charge on any atom is 0.254 e. The highest BCUT2D eigenvalue weighted by Gasteiger charge is 2.13. The molecule has 2 aromatic carbocycles. The lowest BCUT2D eigenvalue weighted by atomic mass is 10.2. The molecule has 0 aliphatic carbocycles. The van der Waals surface area contributed by atoms with Crippen molar-refractivity contribution in [2.45, 2.75) is 13.5 Å². The van der Waals surface area contributed by atoms with Crippen LogP contribution in [-0.4, -0.2) is 22.9 Å². The lowest BCUT2D eigenvalue weighted by Gasteiger charge is -2.12. The molecule has 0 atom stereocenters. The zero-order valence-electron chi connectivity index (χ0n) is 15.3. The van der Waals surface area contributed by atoms with Gasteiger partial charge in [0.15, 0.2) is 0 Å². The number of nitrogens with zero attached hydrogens (tertiary/aromatic N) is 2. The SMILES string of the molecule is CNCc1cccc(Nc2ncc(C(N)=O)c(Nc3cccc(C)c3)n2)c1. The molecule has 7 heteroatoms. The first-order valence-electron chi connectivity index (χ1n) is 8.56. The molecule has 0 saturated heterocycles. The molecule has 0 saturated carbocycles. The molecule has 0 aliphatic heterocycles. The van der Waals surface area contributed by atoms with Crippen LogP contribution in [0.3, 0.4) is 0 Å². The van der Waals surface area contributed by atoms with E-state index in [9.17, 15) is 4.79 Å². The van der Waals surface area contributed by atoms with Crippen molar-refractivity contribution in [2.75, 3.05) is 17.7 Å². The number of benzene rings is 2. The molecule has 0 spiro atoms. The molecular formula is C20H22N6O. The molecule has 0 unspecified atom stereocenters. The molecule has 0 aliphatic rings. The summed E-state index contributed by atoms with van der Waals surface area (Å²) in [6.07, 6.45) is 1.42. The fourth-order valence-electron chi connectivity index (χ4n) is 2.67. The van der Waals surface area contributed by atoms with E-state index < -0.39 is 5.91 Å². The number of aryl methyl sites for hydroxylation is 1. The second kappa shape index (κ2) is 8.29. The van der Waals surface area contributed by atoms with Gasteiger partial charge in [0.2, 0.25) is 5.95 Å². The van der Waals surface area contributed by atoms with Gasteiger partial charge in [-0.3, -0.25) is 4.79 Å². The number of rotatable bonds is 7. The Morgan fingerprint density at radius 2 is 1.81 bits per heavy atom. The molecule has 1 amide bonds. The van der Waals surface area contributed by atoms with E-state index in [1.54, 1.807) is 0 Å². The Balaban J connectivity index is 1.89. The fraction of sp³-hybridized carbons (Fsp3) is 0.150. The van der Waals surface area contributed by atoms with Crippen LogP contribution in [-0.2, 0) is 6.54 Å². The summed E-state index contributed by atoms with van der Waals surface area (Å²) in [4.78, 5) is 20.4. The van der Waals surface area contributed by atoms with Crippen molar-refractivity contribution < 1.29 is 4.79 Å². The highest BCUT2D eigenvalue weighted by atomic mass is 16.1. The lowest BCUT2D eigenvalue weighted by molar-refractivity contribution is 0.100. The Morgan fingerprint density at radius 1 is 1.07 bits per heavy atom. The second-order valence-corrected chi connectivity index (χ2v) is 6.17. The molecule has 1 aromatic heterocycles. The lowest BCUT2D eigenvalue weighted by Crippen LogP contribution is -2.15. The van der Waals surface area contributed by atoms with E-state index in [4.69, 9.17) is 5.73 Å². The number of anilines is 4. The Kier molecular flexibility index (Phi) is 5.63. The van der Waals surface area contributed by atoms with E-state index in [0.717, 1.165) is 29.0 Å². The Labute approximate surface area is 158 Å². The summed E-state index contributed by atoms with van der Waals surface area (Å²) in [5.41, 5.74) is 9.60. The van der Waals surface area contributed by atoms with E-state index in [0.29, 0.717) is 11.8 Å². The number of nitrogens with two attached hydrogens (primary N) is 1. The highest BCUT2D eigenvalue weighted by molar-refractivity contribution is 5.98. The smallest absolute Gasteiger partial charge is 0.254 e. The number of carbonyl (C=O) groups is 1. The number of primary amides is 1. The first-order valence-corrected chi connectivity index (χ1v) is 8.56. The van der Waals surface area contributed by atoms with Gasteiger partial charge in [-0.15, -0.1) is 0 Å². The molecule has 0 bridgehead atoms. The molecule has 0 radical (unpaired) electrons. The third kappa shape index (κ3) is 4.80. The van der Waals surface area contributed by atoms with Gasteiger partial charge < -0.3 is 21.7 Å². The molecule has 1 heterocycles. The van der Waals surface area contributed by atoms with Gasteiger partial charge in [0, 0.05) is 24.1 Å². The zero-order valence-corrected chi connectivity index (χ0v) is 15.3. The van der Waals surface area contributed by atoms with E-state index in [2.05, 4.69) is 25.9 Å². The number of aromatic nitrogens is 2. The third-order valence-electron chi connectivity index (χ3n) is 3.90. The van der Waals surface area contributed by atoms with E-state index in [1.807, 2.05) is 62.5 Å². The van der Waals surface area contributed by atoms with Crippen LogP contribution in [0.15, 0.2) is 54.7 Å². The Bertz CT molecular complexity index is 957. The fourth-order valence-corrected chi connectivity index (χ4v) is 2.67. The molecule has 3 aromatic rings. The van der Waals surface area contributed by atoms with E-state index in [-0.39, 0.29) is 5.56 Å². The zero-order chi connectivity index (χ0) is 19.2. The summed E-state index contributed by atoms with van der Waals surface area (Å²) in [7, 11) is 1.90. The van der Waals surface area contributed by atoms with Gasteiger partial charge in [0.05, 0.1) is 0 Å². The normalized spacial score (nSPS) is 10.4. The predicted octanol–water partition coefficient (Wildman–Crippen LogP) is 3.09. The molecule has 5 N–H and O–H groups in total. The minimum absolute atomic E-state index is 0.228. The maximum atomic E-state index is 11.7.